The highest BCUT2D eigenvalue weighted by molar-refractivity contribution is 5.68. The van der Waals surface area contributed by atoms with E-state index in [9.17, 15) is 9.90 Å². The molecule has 1 heterocycles. The van der Waals surface area contributed by atoms with Crippen LogP contribution >= 0.6 is 0 Å². The van der Waals surface area contributed by atoms with Crippen LogP contribution in [0.2, 0.25) is 0 Å². The number of aryl methyl sites for hydroxylation is 1. The van der Waals surface area contributed by atoms with Crippen LogP contribution < -0.4 is 9.47 Å². The largest absolute Gasteiger partial charge is 0.493 e. The SMILES string of the molecule is Cc1ccccc1OCCCOc1ccc(C2CCN(C(=O)OC(C)(C)C)CC2O)cc1. The first-order valence-electron chi connectivity index (χ1n) is 11.3. The Labute approximate surface area is 191 Å². The zero-order valence-electron chi connectivity index (χ0n) is 19.5. The van der Waals surface area contributed by atoms with Gasteiger partial charge in [0, 0.05) is 18.9 Å². The van der Waals surface area contributed by atoms with Gasteiger partial charge < -0.3 is 24.2 Å². The van der Waals surface area contributed by atoms with Gasteiger partial charge in [-0.1, -0.05) is 30.3 Å². The number of aliphatic hydroxyl groups is 1. The molecule has 3 rings (SSSR count). The van der Waals surface area contributed by atoms with Crippen molar-refractivity contribution in [2.45, 2.75) is 58.2 Å². The van der Waals surface area contributed by atoms with Crippen LogP contribution in [-0.4, -0.2) is 54.1 Å². The van der Waals surface area contributed by atoms with Gasteiger partial charge in [-0.25, -0.2) is 4.79 Å². The molecular formula is C26H35NO5. The summed E-state index contributed by atoms with van der Waals surface area (Å²) in [4.78, 5) is 13.8. The summed E-state index contributed by atoms with van der Waals surface area (Å²) >= 11 is 0. The second kappa shape index (κ2) is 10.7. The molecule has 0 radical (unpaired) electrons. The van der Waals surface area contributed by atoms with E-state index in [1.807, 2.05) is 76.2 Å². The maximum atomic E-state index is 12.3. The Hall–Kier alpha value is -2.73. The molecule has 2 unspecified atom stereocenters. The quantitative estimate of drug-likeness (QED) is 0.617. The molecule has 1 aliphatic rings. The Balaban J connectivity index is 1.42. The first kappa shape index (κ1) is 23.9. The average Bonchev–Trinajstić information content (AvgIpc) is 2.74. The molecule has 174 valence electrons. The summed E-state index contributed by atoms with van der Waals surface area (Å²) in [6.07, 6.45) is 0.487. The van der Waals surface area contributed by atoms with Gasteiger partial charge in [-0.05, 0) is 63.4 Å². The molecule has 0 bridgehead atoms. The van der Waals surface area contributed by atoms with Crippen molar-refractivity contribution in [2.75, 3.05) is 26.3 Å². The van der Waals surface area contributed by atoms with E-state index < -0.39 is 11.7 Å². The molecule has 1 saturated heterocycles. The lowest BCUT2D eigenvalue weighted by Crippen LogP contribution is -2.47. The number of amides is 1. The van der Waals surface area contributed by atoms with Gasteiger partial charge in [-0.15, -0.1) is 0 Å². The van der Waals surface area contributed by atoms with E-state index >= 15 is 0 Å². The summed E-state index contributed by atoms with van der Waals surface area (Å²) in [5.41, 5.74) is 1.64. The molecule has 1 aliphatic heterocycles. The van der Waals surface area contributed by atoms with E-state index in [0.29, 0.717) is 26.2 Å². The Morgan fingerprint density at radius 3 is 2.41 bits per heavy atom. The summed E-state index contributed by atoms with van der Waals surface area (Å²) in [7, 11) is 0. The molecule has 2 atom stereocenters. The molecule has 0 spiro atoms. The van der Waals surface area contributed by atoms with Gasteiger partial charge in [-0.3, -0.25) is 0 Å². The third-order valence-corrected chi connectivity index (χ3v) is 5.45. The number of carbonyl (C=O) groups excluding carboxylic acids is 1. The number of likely N-dealkylation sites (tertiary alicyclic amines) is 1. The van der Waals surface area contributed by atoms with Crippen molar-refractivity contribution in [2.24, 2.45) is 0 Å². The number of para-hydroxylation sites is 1. The highest BCUT2D eigenvalue weighted by Gasteiger charge is 2.33. The van der Waals surface area contributed by atoms with Crippen molar-refractivity contribution >= 4 is 6.09 Å². The minimum Gasteiger partial charge on any atom is -0.493 e. The second-order valence-corrected chi connectivity index (χ2v) is 9.27. The molecule has 6 heteroatoms. The van der Waals surface area contributed by atoms with Crippen molar-refractivity contribution in [1.82, 2.24) is 4.90 Å². The number of nitrogens with zero attached hydrogens (tertiary/aromatic N) is 1. The van der Waals surface area contributed by atoms with Gasteiger partial charge in [-0.2, -0.15) is 0 Å². The number of β-amino-alcohol motifs (C(OH)–C–C–N with tert-alkyl or cyclic N) is 1. The number of ether oxygens (including phenoxy) is 3. The molecule has 2 aromatic rings. The summed E-state index contributed by atoms with van der Waals surface area (Å²) in [5, 5.41) is 10.6. The second-order valence-electron chi connectivity index (χ2n) is 9.27. The summed E-state index contributed by atoms with van der Waals surface area (Å²) in [6.45, 7) is 9.58. The third-order valence-electron chi connectivity index (χ3n) is 5.45. The zero-order chi connectivity index (χ0) is 23.1. The van der Waals surface area contributed by atoms with Crippen molar-refractivity contribution in [3.05, 3.63) is 59.7 Å². The Morgan fingerprint density at radius 1 is 1.06 bits per heavy atom. The van der Waals surface area contributed by atoms with Crippen molar-refractivity contribution in [1.29, 1.82) is 0 Å². The normalized spacial score (nSPS) is 18.8. The van der Waals surface area contributed by atoms with E-state index in [0.717, 1.165) is 29.0 Å². The molecule has 0 saturated carbocycles. The lowest BCUT2D eigenvalue weighted by molar-refractivity contribution is -0.00152. The molecule has 0 aromatic heterocycles. The van der Waals surface area contributed by atoms with Crippen LogP contribution in [-0.2, 0) is 4.74 Å². The van der Waals surface area contributed by atoms with Gasteiger partial charge in [0.2, 0.25) is 0 Å². The standard InChI is InChI=1S/C26H35NO5/c1-19-8-5-6-9-24(19)31-17-7-16-30-21-12-10-20(11-13-21)22-14-15-27(18-23(22)28)25(29)32-26(2,3)4/h5-6,8-13,22-23,28H,7,14-18H2,1-4H3. The predicted molar refractivity (Wildman–Crippen MR) is 124 cm³/mol. The van der Waals surface area contributed by atoms with Crippen LogP contribution in [0.15, 0.2) is 48.5 Å². The summed E-state index contributed by atoms with van der Waals surface area (Å²) in [6, 6.07) is 15.8. The lowest BCUT2D eigenvalue weighted by Gasteiger charge is -2.36. The monoisotopic (exact) mass is 441 g/mol. The van der Waals surface area contributed by atoms with Crippen LogP contribution in [0.3, 0.4) is 0 Å². The molecule has 1 N–H and O–H groups in total. The minimum atomic E-state index is -0.623. The number of benzene rings is 2. The Kier molecular flexibility index (Phi) is 8.02. The average molecular weight is 442 g/mol. The van der Waals surface area contributed by atoms with Crippen LogP contribution in [0.1, 0.15) is 50.7 Å². The topological polar surface area (TPSA) is 68.2 Å². The fraction of sp³-hybridized carbons (Fsp3) is 0.500. The Bertz CT molecular complexity index is 875. The van der Waals surface area contributed by atoms with E-state index in [1.54, 1.807) is 4.90 Å². The molecule has 32 heavy (non-hydrogen) atoms. The number of aliphatic hydroxyl groups excluding tert-OH is 1. The van der Waals surface area contributed by atoms with Gasteiger partial charge in [0.25, 0.3) is 0 Å². The van der Waals surface area contributed by atoms with Crippen LogP contribution in [0.25, 0.3) is 0 Å². The van der Waals surface area contributed by atoms with Gasteiger partial charge in [0.15, 0.2) is 0 Å². The van der Waals surface area contributed by atoms with E-state index in [4.69, 9.17) is 14.2 Å². The minimum absolute atomic E-state index is 0.00903. The molecular weight excluding hydrogens is 406 g/mol. The molecule has 1 fully saturated rings. The van der Waals surface area contributed by atoms with Gasteiger partial charge in [0.1, 0.15) is 17.1 Å². The number of hydrogen-bond donors (Lipinski definition) is 1. The van der Waals surface area contributed by atoms with Crippen LogP contribution in [0.5, 0.6) is 11.5 Å². The van der Waals surface area contributed by atoms with E-state index in [-0.39, 0.29) is 18.6 Å². The predicted octanol–water partition coefficient (Wildman–Crippen LogP) is 4.93. The summed E-state index contributed by atoms with van der Waals surface area (Å²) in [5.74, 6) is 1.70. The molecule has 2 aromatic carbocycles. The van der Waals surface area contributed by atoms with Crippen molar-refractivity contribution in [3.63, 3.8) is 0 Å². The van der Waals surface area contributed by atoms with Crippen molar-refractivity contribution < 1.29 is 24.1 Å². The highest BCUT2D eigenvalue weighted by Crippen LogP contribution is 2.30. The number of hydrogen-bond acceptors (Lipinski definition) is 5. The molecule has 0 aliphatic carbocycles. The number of rotatable bonds is 7. The lowest BCUT2D eigenvalue weighted by atomic mass is 9.87. The van der Waals surface area contributed by atoms with Crippen molar-refractivity contribution in [3.8, 4) is 11.5 Å². The van der Waals surface area contributed by atoms with E-state index in [1.165, 1.54) is 0 Å². The fourth-order valence-corrected chi connectivity index (χ4v) is 3.77. The molecule has 1 amide bonds. The summed E-state index contributed by atoms with van der Waals surface area (Å²) < 4.78 is 17.0. The zero-order valence-corrected chi connectivity index (χ0v) is 19.5. The van der Waals surface area contributed by atoms with Gasteiger partial charge >= 0.3 is 6.09 Å². The number of carbonyl (C=O) groups is 1. The fourth-order valence-electron chi connectivity index (χ4n) is 3.77. The van der Waals surface area contributed by atoms with Gasteiger partial charge in [0.05, 0.1) is 25.9 Å². The molecule has 6 nitrogen and oxygen atoms in total. The first-order chi connectivity index (χ1) is 15.2. The van der Waals surface area contributed by atoms with Crippen LogP contribution in [0, 0.1) is 6.92 Å². The maximum absolute atomic E-state index is 12.3. The highest BCUT2D eigenvalue weighted by atomic mass is 16.6. The third kappa shape index (κ3) is 6.89. The van der Waals surface area contributed by atoms with Crippen LogP contribution in [0.4, 0.5) is 4.79 Å². The maximum Gasteiger partial charge on any atom is 0.410 e. The first-order valence-corrected chi connectivity index (χ1v) is 11.3. The number of piperidine rings is 1. The Morgan fingerprint density at radius 2 is 1.75 bits per heavy atom. The smallest absolute Gasteiger partial charge is 0.410 e. The van der Waals surface area contributed by atoms with E-state index in [2.05, 4.69) is 0 Å².